The first-order valence-electron chi connectivity index (χ1n) is 3.97. The molecule has 1 nitrogen and oxygen atoms in total. The van der Waals surface area contributed by atoms with E-state index in [1.165, 1.54) is 25.7 Å². The van der Waals surface area contributed by atoms with Gasteiger partial charge in [0.25, 0.3) is 0 Å². The fourth-order valence-corrected chi connectivity index (χ4v) is 1.71. The first kappa shape index (κ1) is 6.24. The zero-order chi connectivity index (χ0) is 7.03. The molecule has 2 aliphatic rings. The number of terminal acetylenes is 1. The summed E-state index contributed by atoms with van der Waals surface area (Å²) in [5.41, 5.74) is 0.177. The van der Waals surface area contributed by atoms with Gasteiger partial charge in [0.15, 0.2) is 0 Å². The third kappa shape index (κ3) is 0.759. The lowest BCUT2D eigenvalue weighted by Crippen LogP contribution is -2.18. The van der Waals surface area contributed by atoms with Crippen LogP contribution in [0, 0.1) is 17.8 Å². The summed E-state index contributed by atoms with van der Waals surface area (Å²) < 4.78 is 5.53. The molecule has 1 aliphatic heterocycles. The van der Waals surface area contributed by atoms with Gasteiger partial charge in [0.1, 0.15) is 0 Å². The Morgan fingerprint density at radius 3 is 2.70 bits per heavy atom. The normalized spacial score (nSPS) is 35.3. The van der Waals surface area contributed by atoms with E-state index in [1.807, 2.05) is 0 Å². The van der Waals surface area contributed by atoms with Gasteiger partial charge < -0.3 is 4.74 Å². The van der Waals surface area contributed by atoms with Gasteiger partial charge in [-0.25, -0.2) is 0 Å². The molecule has 1 heterocycles. The lowest BCUT2D eigenvalue weighted by atomic mass is 9.98. The predicted molar refractivity (Wildman–Crippen MR) is 39.5 cm³/mol. The van der Waals surface area contributed by atoms with Crippen molar-refractivity contribution < 1.29 is 4.74 Å². The molecule has 0 N–H and O–H groups in total. The highest BCUT2D eigenvalue weighted by Crippen LogP contribution is 2.51. The molecule has 1 heteroatoms. The average Bonchev–Trinajstić information content (AvgIpc) is 2.58. The monoisotopic (exact) mass is 136 g/mol. The van der Waals surface area contributed by atoms with Gasteiger partial charge in [0.05, 0.1) is 11.5 Å². The van der Waals surface area contributed by atoms with Crippen LogP contribution in [0.1, 0.15) is 25.7 Å². The maximum absolute atomic E-state index is 5.53. The standard InChI is InChI=1S/C9H12O/c1-2-9(5-6-9)8-4-3-7-10-8/h1,8H,3-7H2. The number of ether oxygens (including phenoxy) is 1. The molecule has 2 fully saturated rings. The van der Waals surface area contributed by atoms with Crippen molar-refractivity contribution in [3.63, 3.8) is 0 Å². The molecule has 1 saturated carbocycles. The minimum Gasteiger partial charge on any atom is -0.377 e. The van der Waals surface area contributed by atoms with Crippen molar-refractivity contribution in [3.8, 4) is 12.3 Å². The summed E-state index contributed by atoms with van der Waals surface area (Å²) in [6.07, 6.45) is 10.6. The van der Waals surface area contributed by atoms with E-state index in [-0.39, 0.29) is 5.41 Å². The number of hydrogen-bond donors (Lipinski definition) is 0. The van der Waals surface area contributed by atoms with E-state index in [4.69, 9.17) is 11.2 Å². The average molecular weight is 136 g/mol. The Morgan fingerprint density at radius 2 is 2.30 bits per heavy atom. The summed E-state index contributed by atoms with van der Waals surface area (Å²) in [5.74, 6) is 2.87. The summed E-state index contributed by atoms with van der Waals surface area (Å²) >= 11 is 0. The maximum Gasteiger partial charge on any atom is 0.0741 e. The smallest absolute Gasteiger partial charge is 0.0741 e. The van der Waals surface area contributed by atoms with Gasteiger partial charge in [-0.15, -0.1) is 6.42 Å². The molecule has 2 rings (SSSR count). The predicted octanol–water partition coefficient (Wildman–Crippen LogP) is 1.58. The van der Waals surface area contributed by atoms with Crippen molar-refractivity contribution >= 4 is 0 Å². The third-order valence-corrected chi connectivity index (χ3v) is 2.62. The summed E-state index contributed by atoms with van der Waals surface area (Å²) in [5, 5.41) is 0. The zero-order valence-electron chi connectivity index (χ0n) is 6.10. The quantitative estimate of drug-likeness (QED) is 0.497. The second-order valence-corrected chi connectivity index (χ2v) is 3.30. The highest BCUT2D eigenvalue weighted by molar-refractivity contribution is 5.19. The topological polar surface area (TPSA) is 9.23 Å². The Bertz CT molecular complexity index is 168. The second kappa shape index (κ2) is 2.00. The van der Waals surface area contributed by atoms with Gasteiger partial charge in [-0.2, -0.15) is 0 Å². The number of rotatable bonds is 1. The van der Waals surface area contributed by atoms with Gasteiger partial charge in [-0.3, -0.25) is 0 Å². The van der Waals surface area contributed by atoms with Crippen LogP contribution < -0.4 is 0 Å². The Balaban J connectivity index is 2.05. The lowest BCUT2D eigenvalue weighted by molar-refractivity contribution is 0.0733. The first-order valence-corrected chi connectivity index (χ1v) is 3.97. The molecule has 1 saturated heterocycles. The molecule has 0 aromatic rings. The Kier molecular flexibility index (Phi) is 1.25. The van der Waals surface area contributed by atoms with Crippen LogP contribution in [0.15, 0.2) is 0 Å². The fourth-order valence-electron chi connectivity index (χ4n) is 1.71. The molecule has 0 bridgehead atoms. The molecule has 0 aromatic heterocycles. The van der Waals surface area contributed by atoms with Gasteiger partial charge in [0, 0.05) is 6.61 Å². The van der Waals surface area contributed by atoms with Gasteiger partial charge in [0.2, 0.25) is 0 Å². The molecular weight excluding hydrogens is 124 g/mol. The van der Waals surface area contributed by atoms with E-state index < -0.39 is 0 Å². The van der Waals surface area contributed by atoms with Crippen molar-refractivity contribution in [3.05, 3.63) is 0 Å². The van der Waals surface area contributed by atoms with E-state index in [2.05, 4.69) is 5.92 Å². The highest BCUT2D eigenvalue weighted by atomic mass is 16.5. The van der Waals surface area contributed by atoms with Crippen molar-refractivity contribution in [2.75, 3.05) is 6.61 Å². The van der Waals surface area contributed by atoms with Gasteiger partial charge >= 0.3 is 0 Å². The third-order valence-electron chi connectivity index (χ3n) is 2.62. The molecule has 0 amide bonds. The largest absolute Gasteiger partial charge is 0.377 e. The Hall–Kier alpha value is -0.480. The van der Waals surface area contributed by atoms with Crippen LogP contribution in [0.4, 0.5) is 0 Å². The number of hydrogen-bond acceptors (Lipinski definition) is 1. The maximum atomic E-state index is 5.53. The first-order chi connectivity index (χ1) is 4.87. The summed E-state index contributed by atoms with van der Waals surface area (Å²) in [6, 6.07) is 0. The van der Waals surface area contributed by atoms with E-state index >= 15 is 0 Å². The van der Waals surface area contributed by atoms with Crippen LogP contribution in [0.2, 0.25) is 0 Å². The molecule has 1 unspecified atom stereocenters. The van der Waals surface area contributed by atoms with E-state index in [0.717, 1.165) is 6.61 Å². The lowest BCUT2D eigenvalue weighted by Gasteiger charge is -2.14. The summed E-state index contributed by atoms with van der Waals surface area (Å²) in [6.45, 7) is 0.925. The molecule has 1 aliphatic carbocycles. The van der Waals surface area contributed by atoms with Crippen LogP contribution >= 0.6 is 0 Å². The minimum absolute atomic E-state index is 0.177. The minimum atomic E-state index is 0.177. The van der Waals surface area contributed by atoms with E-state index in [0.29, 0.717) is 6.10 Å². The molecule has 0 spiro atoms. The molecule has 54 valence electrons. The van der Waals surface area contributed by atoms with Crippen molar-refractivity contribution in [1.29, 1.82) is 0 Å². The molecule has 0 aromatic carbocycles. The Morgan fingerprint density at radius 1 is 1.50 bits per heavy atom. The van der Waals surface area contributed by atoms with Crippen LogP contribution in [-0.4, -0.2) is 12.7 Å². The molecule has 1 atom stereocenters. The Labute approximate surface area is 61.8 Å². The van der Waals surface area contributed by atoms with Crippen molar-refractivity contribution in [2.45, 2.75) is 31.8 Å². The highest BCUT2D eigenvalue weighted by Gasteiger charge is 2.49. The van der Waals surface area contributed by atoms with Crippen LogP contribution in [0.25, 0.3) is 0 Å². The fraction of sp³-hybridized carbons (Fsp3) is 0.778. The zero-order valence-corrected chi connectivity index (χ0v) is 6.10. The van der Waals surface area contributed by atoms with E-state index in [9.17, 15) is 0 Å². The van der Waals surface area contributed by atoms with Crippen molar-refractivity contribution in [2.24, 2.45) is 5.41 Å². The van der Waals surface area contributed by atoms with Crippen LogP contribution in [0.3, 0.4) is 0 Å². The van der Waals surface area contributed by atoms with E-state index in [1.54, 1.807) is 0 Å². The summed E-state index contributed by atoms with van der Waals surface area (Å²) in [4.78, 5) is 0. The molecule has 0 radical (unpaired) electrons. The molecular formula is C9H12O. The summed E-state index contributed by atoms with van der Waals surface area (Å²) in [7, 11) is 0. The SMILES string of the molecule is C#CC1(C2CCCO2)CC1. The van der Waals surface area contributed by atoms with Crippen LogP contribution in [0.5, 0.6) is 0 Å². The van der Waals surface area contributed by atoms with Crippen molar-refractivity contribution in [1.82, 2.24) is 0 Å². The van der Waals surface area contributed by atoms with Gasteiger partial charge in [-0.05, 0) is 25.7 Å². The second-order valence-electron chi connectivity index (χ2n) is 3.30. The molecule has 10 heavy (non-hydrogen) atoms. The van der Waals surface area contributed by atoms with Crippen LogP contribution in [-0.2, 0) is 4.74 Å². The van der Waals surface area contributed by atoms with Gasteiger partial charge in [-0.1, -0.05) is 5.92 Å².